The van der Waals surface area contributed by atoms with Crippen molar-refractivity contribution in [2.75, 3.05) is 0 Å². The largest absolute Gasteiger partial charge is 0.356 e. The summed E-state index contributed by atoms with van der Waals surface area (Å²) in [5.74, 6) is 0.224. The number of hydrogen-bond acceptors (Lipinski definition) is 4. The summed E-state index contributed by atoms with van der Waals surface area (Å²) in [6.07, 6.45) is 2.82. The number of nitrogens with one attached hydrogen (secondary N) is 1. The molecule has 5 heteroatoms. The van der Waals surface area contributed by atoms with Crippen molar-refractivity contribution in [3.05, 3.63) is 30.0 Å². The van der Waals surface area contributed by atoms with E-state index in [4.69, 9.17) is 4.52 Å². The molecule has 1 N–H and O–H groups in total. The van der Waals surface area contributed by atoms with Gasteiger partial charge in [0.25, 0.3) is 0 Å². The molecule has 3 rings (SSSR count). The van der Waals surface area contributed by atoms with Gasteiger partial charge in [-0.05, 0) is 25.0 Å². The summed E-state index contributed by atoms with van der Waals surface area (Å²) >= 11 is 0. The maximum atomic E-state index is 12.0. The highest BCUT2D eigenvalue weighted by Crippen LogP contribution is 2.19. The van der Waals surface area contributed by atoms with Gasteiger partial charge in [0.05, 0.1) is 6.42 Å². The van der Waals surface area contributed by atoms with Gasteiger partial charge < -0.3 is 9.84 Å². The second kappa shape index (κ2) is 5.45. The number of fused-ring (bicyclic) bond motifs is 1. The van der Waals surface area contributed by atoms with E-state index < -0.39 is 0 Å². The molecule has 0 bridgehead atoms. The van der Waals surface area contributed by atoms with E-state index in [2.05, 4.69) is 10.5 Å². The summed E-state index contributed by atoms with van der Waals surface area (Å²) < 4.78 is 5.18. The number of benzene rings is 1. The predicted octanol–water partition coefficient (Wildman–Crippen LogP) is 2.00. The molecule has 0 atom stereocenters. The van der Waals surface area contributed by atoms with Crippen LogP contribution in [0.5, 0.6) is 0 Å². The summed E-state index contributed by atoms with van der Waals surface area (Å²) in [4.78, 5) is 23.2. The maximum Gasteiger partial charge on any atom is 0.226 e. The van der Waals surface area contributed by atoms with E-state index in [1.807, 2.05) is 24.3 Å². The van der Waals surface area contributed by atoms with Crippen molar-refractivity contribution in [3.8, 4) is 0 Å². The third-order valence-electron chi connectivity index (χ3n) is 3.69. The third-order valence-corrected chi connectivity index (χ3v) is 3.69. The van der Waals surface area contributed by atoms with Crippen LogP contribution in [-0.4, -0.2) is 22.9 Å². The van der Waals surface area contributed by atoms with Crippen molar-refractivity contribution in [3.63, 3.8) is 0 Å². The molecule has 1 aliphatic rings. The van der Waals surface area contributed by atoms with Gasteiger partial charge in [-0.3, -0.25) is 9.59 Å². The van der Waals surface area contributed by atoms with Crippen molar-refractivity contribution in [2.24, 2.45) is 0 Å². The Labute approximate surface area is 116 Å². The van der Waals surface area contributed by atoms with Crippen LogP contribution in [0.15, 0.2) is 28.8 Å². The van der Waals surface area contributed by atoms with Gasteiger partial charge in [-0.15, -0.1) is 0 Å². The van der Waals surface area contributed by atoms with E-state index in [-0.39, 0.29) is 24.2 Å². The molecular formula is C15H16N2O3. The molecule has 0 unspecified atom stereocenters. The Morgan fingerprint density at radius 3 is 2.85 bits per heavy atom. The van der Waals surface area contributed by atoms with Gasteiger partial charge in [0.2, 0.25) is 5.91 Å². The summed E-state index contributed by atoms with van der Waals surface area (Å²) in [7, 11) is 0. The highest BCUT2D eigenvalue weighted by molar-refractivity contribution is 5.86. The monoisotopic (exact) mass is 272 g/mol. The van der Waals surface area contributed by atoms with E-state index in [0.29, 0.717) is 24.1 Å². The number of para-hydroxylation sites is 1. The molecule has 1 aromatic carbocycles. The molecule has 1 fully saturated rings. The van der Waals surface area contributed by atoms with E-state index in [1.54, 1.807) is 0 Å². The van der Waals surface area contributed by atoms with Crippen molar-refractivity contribution < 1.29 is 14.1 Å². The van der Waals surface area contributed by atoms with Crippen LogP contribution in [0.25, 0.3) is 11.0 Å². The summed E-state index contributed by atoms with van der Waals surface area (Å²) in [5.41, 5.74) is 1.35. The molecule has 1 aromatic heterocycles. The first-order valence-electron chi connectivity index (χ1n) is 6.87. The first-order valence-corrected chi connectivity index (χ1v) is 6.87. The smallest absolute Gasteiger partial charge is 0.226 e. The van der Waals surface area contributed by atoms with Gasteiger partial charge >= 0.3 is 0 Å². The number of amides is 1. The average Bonchev–Trinajstić information content (AvgIpc) is 2.85. The lowest BCUT2D eigenvalue weighted by molar-refractivity contribution is -0.124. The minimum absolute atomic E-state index is 0.0663. The number of hydrogen-bond donors (Lipinski definition) is 1. The number of carbonyl (C=O) groups excluding carboxylic acids is 2. The first kappa shape index (κ1) is 12.8. The molecule has 1 amide bonds. The quantitative estimate of drug-likeness (QED) is 0.927. The van der Waals surface area contributed by atoms with Crippen LogP contribution in [0.2, 0.25) is 0 Å². The normalized spacial score (nSPS) is 16.5. The molecule has 0 spiro atoms. The predicted molar refractivity (Wildman–Crippen MR) is 73.1 cm³/mol. The second-order valence-electron chi connectivity index (χ2n) is 5.18. The Bertz CT molecular complexity index is 637. The molecule has 0 saturated heterocycles. The van der Waals surface area contributed by atoms with Crippen molar-refractivity contribution in [1.82, 2.24) is 10.5 Å². The van der Waals surface area contributed by atoms with Crippen LogP contribution in [0.4, 0.5) is 0 Å². The maximum absolute atomic E-state index is 12.0. The fourth-order valence-corrected chi connectivity index (χ4v) is 2.58. The Balaban J connectivity index is 1.63. The van der Waals surface area contributed by atoms with Gasteiger partial charge in [-0.25, -0.2) is 0 Å². The number of aromatic nitrogens is 1. The van der Waals surface area contributed by atoms with E-state index >= 15 is 0 Å². The molecule has 2 aromatic rings. The topological polar surface area (TPSA) is 72.2 Å². The van der Waals surface area contributed by atoms with Crippen LogP contribution in [0.3, 0.4) is 0 Å². The molecule has 0 radical (unpaired) electrons. The van der Waals surface area contributed by atoms with Gasteiger partial charge in [-0.1, -0.05) is 17.3 Å². The summed E-state index contributed by atoms with van der Waals surface area (Å²) in [5, 5.41) is 7.80. The third kappa shape index (κ3) is 2.71. The molecule has 1 aliphatic carbocycles. The number of ketones is 1. The van der Waals surface area contributed by atoms with Crippen LogP contribution in [0, 0.1) is 0 Å². The average molecular weight is 272 g/mol. The van der Waals surface area contributed by atoms with E-state index in [9.17, 15) is 9.59 Å². The number of nitrogens with zero attached hydrogens (tertiary/aromatic N) is 1. The SMILES string of the molecule is O=C1CCC(NC(=O)Cc2noc3ccccc23)CC1. The van der Waals surface area contributed by atoms with Crippen molar-refractivity contribution >= 4 is 22.7 Å². The molecular weight excluding hydrogens is 256 g/mol. The van der Waals surface area contributed by atoms with Gasteiger partial charge in [-0.2, -0.15) is 0 Å². The zero-order valence-electron chi connectivity index (χ0n) is 11.1. The Morgan fingerprint density at radius 1 is 1.30 bits per heavy atom. The lowest BCUT2D eigenvalue weighted by atomic mass is 9.94. The fourth-order valence-electron chi connectivity index (χ4n) is 2.58. The van der Waals surface area contributed by atoms with Gasteiger partial charge in [0, 0.05) is 24.3 Å². The number of carbonyl (C=O) groups is 2. The molecule has 1 saturated carbocycles. The molecule has 0 aliphatic heterocycles. The molecule has 1 heterocycles. The van der Waals surface area contributed by atoms with Crippen LogP contribution in [-0.2, 0) is 16.0 Å². The van der Waals surface area contributed by atoms with E-state index in [1.165, 1.54) is 0 Å². The number of rotatable bonds is 3. The first-order chi connectivity index (χ1) is 9.72. The lowest BCUT2D eigenvalue weighted by Crippen LogP contribution is -2.38. The standard InChI is InChI=1S/C15H16N2O3/c18-11-7-5-10(6-8-11)16-15(19)9-13-12-3-1-2-4-14(12)20-17-13/h1-4,10H,5-9H2,(H,16,19). The lowest BCUT2D eigenvalue weighted by Gasteiger charge is -2.21. The molecule has 5 nitrogen and oxygen atoms in total. The van der Waals surface area contributed by atoms with Gasteiger partial charge in [0.1, 0.15) is 11.5 Å². The van der Waals surface area contributed by atoms with E-state index in [0.717, 1.165) is 18.2 Å². The van der Waals surface area contributed by atoms with Crippen molar-refractivity contribution in [2.45, 2.75) is 38.1 Å². The number of Topliss-reactive ketones (excluding diaryl/α,β-unsaturated/α-hetero) is 1. The minimum Gasteiger partial charge on any atom is -0.356 e. The zero-order chi connectivity index (χ0) is 13.9. The minimum atomic E-state index is -0.0663. The second-order valence-corrected chi connectivity index (χ2v) is 5.18. The summed E-state index contributed by atoms with van der Waals surface area (Å²) in [6, 6.07) is 7.60. The molecule has 104 valence electrons. The van der Waals surface area contributed by atoms with Crippen LogP contribution < -0.4 is 5.32 Å². The highest BCUT2D eigenvalue weighted by Gasteiger charge is 2.21. The highest BCUT2D eigenvalue weighted by atomic mass is 16.5. The fraction of sp³-hybridized carbons (Fsp3) is 0.400. The van der Waals surface area contributed by atoms with Crippen LogP contribution in [0.1, 0.15) is 31.4 Å². The Hall–Kier alpha value is -2.17. The van der Waals surface area contributed by atoms with Crippen molar-refractivity contribution in [1.29, 1.82) is 0 Å². The van der Waals surface area contributed by atoms with Crippen LogP contribution >= 0.6 is 0 Å². The zero-order valence-corrected chi connectivity index (χ0v) is 11.1. The Morgan fingerprint density at radius 2 is 2.05 bits per heavy atom. The molecule has 20 heavy (non-hydrogen) atoms. The van der Waals surface area contributed by atoms with Gasteiger partial charge in [0.15, 0.2) is 5.58 Å². The Kier molecular flexibility index (Phi) is 3.50. The summed E-state index contributed by atoms with van der Waals surface area (Å²) in [6.45, 7) is 0.